The van der Waals surface area contributed by atoms with E-state index in [4.69, 9.17) is 9.22 Å². The van der Waals surface area contributed by atoms with Crippen molar-refractivity contribution in [1.82, 2.24) is 0 Å². The van der Waals surface area contributed by atoms with E-state index in [2.05, 4.69) is 48.5 Å². The van der Waals surface area contributed by atoms with Crippen LogP contribution in [0.1, 0.15) is 164 Å². The zero-order valence-corrected chi connectivity index (χ0v) is 28.5. The number of aliphatic hydroxyl groups is 1. The zero-order chi connectivity index (χ0) is 27.4. The van der Waals surface area contributed by atoms with Gasteiger partial charge in [-0.3, -0.25) is 0 Å². The van der Waals surface area contributed by atoms with Gasteiger partial charge < -0.3 is 9.22 Å². The van der Waals surface area contributed by atoms with E-state index in [1.165, 1.54) is 145 Å². The van der Waals surface area contributed by atoms with Gasteiger partial charge in [-0.15, -0.1) is 0 Å². The van der Waals surface area contributed by atoms with Crippen molar-refractivity contribution in [3.05, 3.63) is 0 Å². The number of unbranched alkanes of at least 4 members (excludes halogenated alkanes) is 11. The van der Waals surface area contributed by atoms with Crippen molar-refractivity contribution in [2.45, 2.75) is 200 Å². The van der Waals surface area contributed by atoms with Gasteiger partial charge in [0, 0.05) is 6.61 Å². The van der Waals surface area contributed by atoms with Crippen molar-refractivity contribution in [3.8, 4) is 0 Å². The predicted octanol–water partition coefficient (Wildman–Crippen LogP) is 12.0. The van der Waals surface area contributed by atoms with Gasteiger partial charge in [0.25, 0.3) is 0 Å². The second-order valence-electron chi connectivity index (χ2n) is 11.6. The van der Waals surface area contributed by atoms with E-state index in [1.807, 2.05) is 0 Å². The van der Waals surface area contributed by atoms with Crippen molar-refractivity contribution in [1.29, 1.82) is 0 Å². The van der Waals surface area contributed by atoms with Gasteiger partial charge in [0.15, 0.2) is 16.6 Å². The molecule has 1 N–H and O–H groups in total. The molecule has 2 nitrogen and oxygen atoms in total. The number of rotatable bonds is 26. The third-order valence-corrected chi connectivity index (χ3v) is 19.6. The largest absolute Gasteiger partial charge is 0.455 e. The molecule has 0 aromatic heterocycles. The monoisotopic (exact) mass is 545 g/mol. The maximum Gasteiger partial charge on any atom is 0.179 e. The molecular formula is C32H72O2Si2. The lowest BCUT2D eigenvalue weighted by atomic mass is 10.1. The molecule has 0 saturated heterocycles. The summed E-state index contributed by atoms with van der Waals surface area (Å²) in [6, 6.07) is 8.42. The molecule has 36 heavy (non-hydrogen) atoms. The Labute approximate surface area is 232 Å². The lowest BCUT2D eigenvalue weighted by Crippen LogP contribution is -2.51. The fourth-order valence-electron chi connectivity index (χ4n) is 6.20. The van der Waals surface area contributed by atoms with E-state index in [1.54, 1.807) is 0 Å². The molecular weight excluding hydrogens is 473 g/mol. The molecule has 0 rings (SSSR count). The first kappa shape index (κ1) is 38.5. The Morgan fingerprint density at radius 2 is 0.611 bits per heavy atom. The summed E-state index contributed by atoms with van der Waals surface area (Å²) in [7, 11) is -2.96. The van der Waals surface area contributed by atoms with E-state index >= 15 is 0 Å². The fourth-order valence-corrected chi connectivity index (χ4v) is 19.3. The van der Waals surface area contributed by atoms with Crippen LogP contribution in [0.25, 0.3) is 0 Å². The molecule has 0 unspecified atom stereocenters. The van der Waals surface area contributed by atoms with Crippen LogP contribution >= 0.6 is 0 Å². The van der Waals surface area contributed by atoms with Crippen molar-refractivity contribution >= 4 is 16.6 Å². The molecule has 4 heteroatoms. The Hall–Kier alpha value is 0.354. The van der Waals surface area contributed by atoms with Crippen LogP contribution in [0.4, 0.5) is 0 Å². The predicted molar refractivity (Wildman–Crippen MR) is 171 cm³/mol. The van der Waals surface area contributed by atoms with Gasteiger partial charge in [-0.05, 0) is 42.7 Å². The number of aliphatic hydroxyl groups excluding tert-OH is 1. The van der Waals surface area contributed by atoms with Gasteiger partial charge in [0.05, 0.1) is 0 Å². The Morgan fingerprint density at radius 3 is 0.833 bits per heavy atom. The van der Waals surface area contributed by atoms with Crippen molar-refractivity contribution in [2.24, 2.45) is 0 Å². The lowest BCUT2D eigenvalue weighted by molar-refractivity contribution is 0.282. The molecule has 0 amide bonds. The second kappa shape index (κ2) is 28.4. The first-order valence-electron chi connectivity index (χ1n) is 16.8. The normalized spacial score (nSPS) is 12.0. The lowest BCUT2D eigenvalue weighted by Gasteiger charge is -2.43. The van der Waals surface area contributed by atoms with Crippen LogP contribution in [0.15, 0.2) is 0 Å². The minimum Gasteiger partial charge on any atom is -0.455 e. The van der Waals surface area contributed by atoms with E-state index in [9.17, 15) is 0 Å². The van der Waals surface area contributed by atoms with Crippen molar-refractivity contribution in [3.63, 3.8) is 0 Å². The first-order valence-corrected chi connectivity index (χ1v) is 21.9. The summed E-state index contributed by atoms with van der Waals surface area (Å²) in [5.41, 5.74) is 0. The van der Waals surface area contributed by atoms with Crippen LogP contribution in [0.2, 0.25) is 36.3 Å². The van der Waals surface area contributed by atoms with E-state index < -0.39 is 16.6 Å². The van der Waals surface area contributed by atoms with Gasteiger partial charge in [-0.25, -0.2) is 0 Å². The average molecular weight is 545 g/mol. The van der Waals surface area contributed by atoms with Crippen LogP contribution in [-0.4, -0.2) is 28.3 Å². The molecule has 0 aliphatic rings. The molecule has 0 saturated carbocycles. The molecule has 0 aliphatic heterocycles. The summed E-state index contributed by atoms with van der Waals surface area (Å²) in [5.74, 6) is 0. The summed E-state index contributed by atoms with van der Waals surface area (Å²) < 4.78 is 7.35. The van der Waals surface area contributed by atoms with E-state index in [0.29, 0.717) is 6.61 Å². The van der Waals surface area contributed by atoms with Gasteiger partial charge in [0.2, 0.25) is 0 Å². The minimum atomic E-state index is -1.48. The SMILES string of the molecule is CCCCCCCCCCCCCCO.CCC[Si](CCC)(CCC)O[Si](CCC)(CCC)CCC. The summed E-state index contributed by atoms with van der Waals surface area (Å²) in [6.07, 6.45) is 24.2. The van der Waals surface area contributed by atoms with Crippen LogP contribution in [-0.2, 0) is 4.12 Å². The summed E-state index contributed by atoms with van der Waals surface area (Å²) >= 11 is 0. The summed E-state index contributed by atoms with van der Waals surface area (Å²) in [4.78, 5) is 0. The van der Waals surface area contributed by atoms with Crippen LogP contribution in [0.5, 0.6) is 0 Å². The maximum atomic E-state index is 8.61. The molecule has 0 fully saturated rings. The van der Waals surface area contributed by atoms with Gasteiger partial charge in [0.1, 0.15) is 0 Å². The molecule has 0 aromatic carbocycles. The standard InChI is InChI=1S/C18H42OSi2.C14H30O/c1-7-13-20(14-8-2,15-9-3)19-21(16-10-4,17-11-5)18-12-6;1-2-3-4-5-6-7-8-9-10-11-12-13-14-15/h7-18H2,1-6H3;15H,2-14H2,1H3. The average Bonchev–Trinajstić information content (AvgIpc) is 2.84. The third kappa shape index (κ3) is 21.3. The van der Waals surface area contributed by atoms with Crippen LogP contribution in [0, 0.1) is 0 Å². The topological polar surface area (TPSA) is 29.5 Å². The fraction of sp³-hybridized carbons (Fsp3) is 1.00. The summed E-state index contributed by atoms with van der Waals surface area (Å²) in [5, 5.41) is 8.61. The van der Waals surface area contributed by atoms with Gasteiger partial charge in [-0.1, -0.05) is 158 Å². The number of hydrogen-bond acceptors (Lipinski definition) is 2. The van der Waals surface area contributed by atoms with Gasteiger partial charge >= 0.3 is 0 Å². The second-order valence-corrected chi connectivity index (χ2v) is 20.1. The zero-order valence-electron chi connectivity index (χ0n) is 26.5. The molecule has 0 radical (unpaired) electrons. The molecule has 0 spiro atoms. The Balaban J connectivity index is 0. The van der Waals surface area contributed by atoms with E-state index in [0.717, 1.165) is 6.42 Å². The quantitative estimate of drug-likeness (QED) is 0.0866. The molecule has 220 valence electrons. The molecule has 0 heterocycles. The molecule has 0 aromatic rings. The number of hydrogen-bond donors (Lipinski definition) is 1. The molecule has 0 bridgehead atoms. The molecule has 0 atom stereocenters. The van der Waals surface area contributed by atoms with Crippen LogP contribution < -0.4 is 0 Å². The smallest absolute Gasteiger partial charge is 0.179 e. The van der Waals surface area contributed by atoms with Gasteiger partial charge in [-0.2, -0.15) is 0 Å². The third-order valence-electron chi connectivity index (χ3n) is 7.68. The minimum absolute atomic E-state index is 0.372. The first-order chi connectivity index (χ1) is 17.5. The highest BCUT2D eigenvalue weighted by atomic mass is 28.4. The highest BCUT2D eigenvalue weighted by Crippen LogP contribution is 2.37. The Morgan fingerprint density at radius 1 is 0.361 bits per heavy atom. The van der Waals surface area contributed by atoms with Crippen LogP contribution in [0.3, 0.4) is 0 Å². The van der Waals surface area contributed by atoms with Crippen molar-refractivity contribution in [2.75, 3.05) is 6.61 Å². The highest BCUT2D eigenvalue weighted by molar-refractivity contribution is 6.87. The Bertz CT molecular complexity index is 347. The maximum absolute atomic E-state index is 8.61. The Kier molecular flexibility index (Phi) is 30.3. The summed E-state index contributed by atoms with van der Waals surface area (Å²) in [6.45, 7) is 16.8. The van der Waals surface area contributed by atoms with Crippen molar-refractivity contribution < 1.29 is 9.22 Å². The molecule has 0 aliphatic carbocycles. The highest BCUT2D eigenvalue weighted by Gasteiger charge is 2.42. The van der Waals surface area contributed by atoms with E-state index in [-0.39, 0.29) is 0 Å².